The molecule has 1 saturated heterocycles. The van der Waals surface area contributed by atoms with Crippen LogP contribution in [0.5, 0.6) is 5.75 Å². The first-order chi connectivity index (χ1) is 13.4. The van der Waals surface area contributed by atoms with Crippen molar-refractivity contribution in [3.63, 3.8) is 0 Å². The molecule has 0 bridgehead atoms. The van der Waals surface area contributed by atoms with Crippen LogP contribution in [0.1, 0.15) is 57.6 Å². The number of likely N-dealkylation sites (tertiary alicyclic amines) is 1. The number of ether oxygens (including phenoxy) is 1. The van der Waals surface area contributed by atoms with Crippen LogP contribution in [-0.2, 0) is 5.41 Å². The third-order valence-electron chi connectivity index (χ3n) is 5.84. The van der Waals surface area contributed by atoms with Gasteiger partial charge in [0, 0.05) is 12.5 Å². The fourth-order valence-electron chi connectivity index (χ4n) is 4.20. The van der Waals surface area contributed by atoms with Gasteiger partial charge < -0.3 is 9.64 Å². The lowest BCUT2D eigenvalue weighted by atomic mass is 9.80. The fourth-order valence-corrected chi connectivity index (χ4v) is 4.20. The summed E-state index contributed by atoms with van der Waals surface area (Å²) >= 11 is 0. The van der Waals surface area contributed by atoms with Gasteiger partial charge in [0.25, 0.3) is 0 Å². The van der Waals surface area contributed by atoms with Crippen LogP contribution in [0.3, 0.4) is 0 Å². The first-order valence-corrected chi connectivity index (χ1v) is 10.6. The van der Waals surface area contributed by atoms with Gasteiger partial charge in [-0.25, -0.2) is 4.39 Å². The van der Waals surface area contributed by atoms with E-state index in [9.17, 15) is 4.39 Å². The maximum Gasteiger partial charge on any atom is 0.123 e. The van der Waals surface area contributed by atoms with Crippen molar-refractivity contribution in [3.05, 3.63) is 65.5 Å². The molecule has 0 radical (unpaired) electrons. The van der Waals surface area contributed by atoms with E-state index < -0.39 is 0 Å². The van der Waals surface area contributed by atoms with E-state index in [1.165, 1.54) is 17.5 Å². The number of rotatable bonds is 6. The van der Waals surface area contributed by atoms with Crippen LogP contribution >= 0.6 is 12.4 Å². The van der Waals surface area contributed by atoms with Gasteiger partial charge in [0.15, 0.2) is 0 Å². The summed E-state index contributed by atoms with van der Waals surface area (Å²) in [4.78, 5) is 2.54. The molecule has 0 N–H and O–H groups in total. The Kier molecular flexibility index (Phi) is 8.54. The first-order valence-electron chi connectivity index (χ1n) is 10.6. The minimum absolute atomic E-state index is 0. The highest BCUT2D eigenvalue weighted by molar-refractivity contribution is 5.85. The van der Waals surface area contributed by atoms with Crippen molar-refractivity contribution < 1.29 is 9.13 Å². The zero-order chi connectivity index (χ0) is 20.1. The third-order valence-corrected chi connectivity index (χ3v) is 5.84. The van der Waals surface area contributed by atoms with E-state index in [0.29, 0.717) is 18.4 Å². The lowest BCUT2D eigenvalue weighted by Crippen LogP contribution is -2.42. The molecular formula is C25H35ClFNO. The second-order valence-electron chi connectivity index (χ2n) is 9.09. The summed E-state index contributed by atoms with van der Waals surface area (Å²) in [5, 5.41) is 0. The highest BCUT2D eigenvalue weighted by Crippen LogP contribution is 2.34. The maximum atomic E-state index is 13.4. The van der Waals surface area contributed by atoms with Gasteiger partial charge in [-0.05, 0) is 72.7 Å². The van der Waals surface area contributed by atoms with E-state index >= 15 is 0 Å². The summed E-state index contributed by atoms with van der Waals surface area (Å²) < 4.78 is 19.6. The van der Waals surface area contributed by atoms with E-state index in [1.807, 2.05) is 12.1 Å². The molecule has 0 amide bonds. The molecule has 0 aliphatic carbocycles. The molecule has 1 aliphatic rings. The fraction of sp³-hybridized carbons (Fsp3) is 0.520. The Bertz CT molecular complexity index is 739. The van der Waals surface area contributed by atoms with Crippen molar-refractivity contribution in [1.29, 1.82) is 0 Å². The number of benzene rings is 2. The van der Waals surface area contributed by atoms with Crippen molar-refractivity contribution in [1.82, 2.24) is 4.90 Å². The lowest BCUT2D eigenvalue weighted by molar-refractivity contribution is 0.111. The average Bonchev–Trinajstić information content (AvgIpc) is 2.67. The smallest absolute Gasteiger partial charge is 0.123 e. The van der Waals surface area contributed by atoms with Gasteiger partial charge in [-0.1, -0.05) is 52.0 Å². The quantitative estimate of drug-likeness (QED) is 0.534. The van der Waals surface area contributed by atoms with Crippen LogP contribution in [0.4, 0.5) is 4.39 Å². The molecule has 0 unspecified atom stereocenters. The minimum atomic E-state index is -0.168. The number of hydrogen-bond donors (Lipinski definition) is 0. The summed E-state index contributed by atoms with van der Waals surface area (Å²) in [5.41, 5.74) is 2.70. The molecule has 0 spiro atoms. The Morgan fingerprint density at radius 1 is 1.03 bits per heavy atom. The zero-order valence-corrected chi connectivity index (χ0v) is 19.0. The monoisotopic (exact) mass is 419 g/mol. The van der Waals surface area contributed by atoms with Crippen molar-refractivity contribution in [2.45, 2.75) is 51.9 Å². The standard InChI is InChI=1S/C25H34FNO.ClH/c1-5-15-27-16-14-24(19-6-10-22(26)11-7-19)20(17-27)18-28-23-12-8-21(9-13-23)25(2,3)4;/h6-13,20,24H,5,14-18H2,1-4H3;1H/t20-,24-;/m0./s1. The minimum Gasteiger partial charge on any atom is -0.493 e. The Balaban J connectivity index is 0.00000300. The van der Waals surface area contributed by atoms with Gasteiger partial charge in [0.05, 0.1) is 6.61 Å². The summed E-state index contributed by atoms with van der Waals surface area (Å²) in [6.45, 7) is 12.9. The van der Waals surface area contributed by atoms with Gasteiger partial charge >= 0.3 is 0 Å². The van der Waals surface area contributed by atoms with Crippen LogP contribution < -0.4 is 4.74 Å². The average molecular weight is 420 g/mol. The number of piperidine rings is 1. The Hall–Kier alpha value is -1.58. The number of hydrogen-bond acceptors (Lipinski definition) is 2. The molecule has 3 rings (SSSR count). The third kappa shape index (κ3) is 6.45. The topological polar surface area (TPSA) is 12.5 Å². The summed E-state index contributed by atoms with van der Waals surface area (Å²) in [5.74, 6) is 1.59. The molecular weight excluding hydrogens is 385 g/mol. The first kappa shape index (κ1) is 23.7. The van der Waals surface area contributed by atoms with Gasteiger partial charge in [0.2, 0.25) is 0 Å². The molecule has 1 aliphatic heterocycles. The van der Waals surface area contributed by atoms with E-state index in [-0.39, 0.29) is 23.6 Å². The van der Waals surface area contributed by atoms with E-state index in [0.717, 1.165) is 31.8 Å². The molecule has 2 aromatic carbocycles. The number of halogens is 2. The van der Waals surface area contributed by atoms with Crippen LogP contribution in [0, 0.1) is 11.7 Å². The van der Waals surface area contributed by atoms with Crippen LogP contribution in [0.2, 0.25) is 0 Å². The molecule has 1 heterocycles. The van der Waals surface area contributed by atoms with Gasteiger partial charge in [-0.15, -0.1) is 12.4 Å². The Labute approximate surface area is 181 Å². The molecule has 29 heavy (non-hydrogen) atoms. The summed E-state index contributed by atoms with van der Waals surface area (Å²) in [6, 6.07) is 15.5. The lowest BCUT2D eigenvalue weighted by Gasteiger charge is -2.38. The van der Waals surface area contributed by atoms with Crippen LogP contribution in [0.25, 0.3) is 0 Å². The van der Waals surface area contributed by atoms with Crippen molar-refractivity contribution >= 4 is 12.4 Å². The molecule has 4 heteroatoms. The van der Waals surface area contributed by atoms with E-state index in [1.54, 1.807) is 12.1 Å². The normalized spacial score (nSPS) is 20.2. The van der Waals surface area contributed by atoms with Crippen LogP contribution in [-0.4, -0.2) is 31.1 Å². The predicted molar refractivity (Wildman–Crippen MR) is 122 cm³/mol. The summed E-state index contributed by atoms with van der Waals surface area (Å²) in [7, 11) is 0. The SMILES string of the molecule is CCCN1CC[C@@H](c2ccc(F)cc2)[C@H](COc2ccc(C(C)(C)C)cc2)C1.Cl. The van der Waals surface area contributed by atoms with Crippen molar-refractivity contribution in [2.75, 3.05) is 26.2 Å². The summed E-state index contributed by atoms with van der Waals surface area (Å²) in [6.07, 6.45) is 2.27. The van der Waals surface area contributed by atoms with Gasteiger partial charge in [0.1, 0.15) is 11.6 Å². The van der Waals surface area contributed by atoms with E-state index in [4.69, 9.17) is 4.74 Å². The Morgan fingerprint density at radius 2 is 1.69 bits per heavy atom. The maximum absolute atomic E-state index is 13.4. The highest BCUT2D eigenvalue weighted by Gasteiger charge is 2.30. The molecule has 2 nitrogen and oxygen atoms in total. The number of nitrogens with zero attached hydrogens (tertiary/aromatic N) is 1. The molecule has 2 atom stereocenters. The van der Waals surface area contributed by atoms with Gasteiger partial charge in [-0.2, -0.15) is 0 Å². The Morgan fingerprint density at radius 3 is 2.28 bits per heavy atom. The second kappa shape index (κ2) is 10.4. The molecule has 0 aromatic heterocycles. The largest absolute Gasteiger partial charge is 0.493 e. The van der Waals surface area contributed by atoms with Crippen molar-refractivity contribution in [3.8, 4) is 5.75 Å². The van der Waals surface area contributed by atoms with E-state index in [2.05, 4.69) is 56.9 Å². The zero-order valence-electron chi connectivity index (χ0n) is 18.2. The predicted octanol–water partition coefficient (Wildman–Crippen LogP) is 6.44. The molecule has 0 saturated carbocycles. The molecule has 160 valence electrons. The van der Waals surface area contributed by atoms with Gasteiger partial charge in [-0.3, -0.25) is 0 Å². The van der Waals surface area contributed by atoms with Crippen molar-refractivity contribution in [2.24, 2.45) is 5.92 Å². The molecule has 2 aromatic rings. The van der Waals surface area contributed by atoms with Crippen LogP contribution in [0.15, 0.2) is 48.5 Å². The molecule has 1 fully saturated rings. The highest BCUT2D eigenvalue weighted by atomic mass is 35.5. The second-order valence-corrected chi connectivity index (χ2v) is 9.09.